The Kier molecular flexibility index (Phi) is 7.58. The summed E-state index contributed by atoms with van der Waals surface area (Å²) in [6, 6.07) is 17.0. The van der Waals surface area contributed by atoms with Crippen LogP contribution in [-0.4, -0.2) is 47.9 Å². The van der Waals surface area contributed by atoms with Crippen molar-refractivity contribution in [1.29, 1.82) is 5.26 Å². The highest BCUT2D eigenvalue weighted by Crippen LogP contribution is 2.30. The summed E-state index contributed by atoms with van der Waals surface area (Å²) in [5, 5.41) is 12.4. The smallest absolute Gasteiger partial charge is 0.228 e. The van der Waals surface area contributed by atoms with E-state index in [1.807, 2.05) is 60.8 Å². The molecule has 0 unspecified atom stereocenters. The molecule has 1 aromatic heterocycles. The van der Waals surface area contributed by atoms with E-state index in [4.69, 9.17) is 16.9 Å². The molecule has 0 aliphatic carbocycles. The summed E-state index contributed by atoms with van der Waals surface area (Å²) in [5.74, 6) is 0.0252. The number of carbonyl (C=O) groups excluding carboxylic acids is 1. The molecular weight excluding hydrogens is 416 g/mol. The molecular formula is C23H23ClN4OS. The van der Waals surface area contributed by atoms with Crippen LogP contribution in [0, 0.1) is 11.3 Å². The summed E-state index contributed by atoms with van der Waals surface area (Å²) in [6.07, 6.45) is 0.241. The second-order valence-electron chi connectivity index (χ2n) is 7.23. The number of amides is 1. The number of aromatic nitrogens is 1. The minimum Gasteiger partial charge on any atom is -0.337 e. The molecule has 0 saturated carbocycles. The number of likely N-dealkylation sites (N-methyl/N-ethyl adjacent to an activating group) is 1. The zero-order chi connectivity index (χ0) is 21.5. The number of hydrogen-bond donors (Lipinski definition) is 0. The maximum Gasteiger partial charge on any atom is 0.228 e. The van der Waals surface area contributed by atoms with E-state index in [2.05, 4.69) is 16.0 Å². The fraction of sp³-hybridized carbons (Fsp3) is 0.261. The number of halogens is 1. The first kappa shape index (κ1) is 22.0. The minimum absolute atomic E-state index is 0.0252. The molecule has 0 spiro atoms. The number of carbonyl (C=O) groups is 1. The molecule has 0 atom stereocenters. The van der Waals surface area contributed by atoms with Crippen LogP contribution in [0.3, 0.4) is 0 Å². The average Bonchev–Trinajstić information content (AvgIpc) is 3.19. The first-order valence-electron chi connectivity index (χ1n) is 9.57. The molecule has 0 fully saturated rings. The van der Waals surface area contributed by atoms with Gasteiger partial charge in [-0.2, -0.15) is 5.26 Å². The highest BCUT2D eigenvalue weighted by atomic mass is 35.5. The van der Waals surface area contributed by atoms with E-state index < -0.39 is 0 Å². The van der Waals surface area contributed by atoms with E-state index in [-0.39, 0.29) is 12.3 Å². The van der Waals surface area contributed by atoms with Gasteiger partial charge in [0.25, 0.3) is 0 Å². The van der Waals surface area contributed by atoms with Gasteiger partial charge in [0, 0.05) is 30.6 Å². The zero-order valence-corrected chi connectivity index (χ0v) is 18.6. The second kappa shape index (κ2) is 10.4. The molecule has 3 aromatic rings. The third-order valence-corrected chi connectivity index (χ3v) is 5.87. The number of nitrogens with zero attached hydrogens (tertiary/aromatic N) is 4. The molecule has 1 amide bonds. The molecule has 30 heavy (non-hydrogen) atoms. The van der Waals surface area contributed by atoms with Gasteiger partial charge in [-0.3, -0.25) is 4.79 Å². The van der Waals surface area contributed by atoms with Crippen molar-refractivity contribution in [2.24, 2.45) is 0 Å². The van der Waals surface area contributed by atoms with Crippen LogP contribution < -0.4 is 0 Å². The molecule has 3 rings (SSSR count). The maximum atomic E-state index is 13.1. The number of thiazole rings is 1. The third kappa shape index (κ3) is 5.90. The van der Waals surface area contributed by atoms with E-state index in [0.29, 0.717) is 23.7 Å². The van der Waals surface area contributed by atoms with Crippen LogP contribution in [0.4, 0.5) is 0 Å². The van der Waals surface area contributed by atoms with Crippen molar-refractivity contribution in [3.63, 3.8) is 0 Å². The number of rotatable bonds is 8. The Balaban J connectivity index is 1.72. The molecule has 154 valence electrons. The molecule has 0 saturated heterocycles. The molecule has 7 heteroatoms. The summed E-state index contributed by atoms with van der Waals surface area (Å²) in [5.41, 5.74) is 3.23. The Labute approximate surface area is 186 Å². The lowest BCUT2D eigenvalue weighted by molar-refractivity contribution is -0.131. The van der Waals surface area contributed by atoms with Crippen molar-refractivity contribution in [3.8, 4) is 16.6 Å². The third-order valence-electron chi connectivity index (χ3n) is 4.61. The minimum atomic E-state index is 0.0252. The highest BCUT2D eigenvalue weighted by molar-refractivity contribution is 7.13. The Morgan fingerprint density at radius 2 is 1.87 bits per heavy atom. The van der Waals surface area contributed by atoms with E-state index in [9.17, 15) is 4.79 Å². The molecule has 1 heterocycles. The fourth-order valence-corrected chi connectivity index (χ4v) is 4.07. The van der Waals surface area contributed by atoms with Gasteiger partial charge in [0.2, 0.25) is 5.91 Å². The van der Waals surface area contributed by atoms with Crippen molar-refractivity contribution >= 4 is 28.8 Å². The number of nitriles is 1. The van der Waals surface area contributed by atoms with Crippen LogP contribution in [0.15, 0.2) is 53.9 Å². The van der Waals surface area contributed by atoms with Gasteiger partial charge in [0.05, 0.1) is 28.8 Å². The van der Waals surface area contributed by atoms with Crippen molar-refractivity contribution in [2.75, 3.05) is 27.2 Å². The predicted octanol–water partition coefficient (Wildman–Crippen LogP) is 4.47. The van der Waals surface area contributed by atoms with Crippen molar-refractivity contribution in [2.45, 2.75) is 13.0 Å². The van der Waals surface area contributed by atoms with Crippen LogP contribution in [-0.2, 0) is 17.8 Å². The summed E-state index contributed by atoms with van der Waals surface area (Å²) in [6.45, 7) is 1.89. The van der Waals surface area contributed by atoms with Gasteiger partial charge >= 0.3 is 0 Å². The largest absolute Gasteiger partial charge is 0.337 e. The fourth-order valence-electron chi connectivity index (χ4n) is 2.93. The summed E-state index contributed by atoms with van der Waals surface area (Å²) < 4.78 is 0. The monoisotopic (exact) mass is 438 g/mol. The highest BCUT2D eigenvalue weighted by Gasteiger charge is 2.17. The molecule has 0 N–H and O–H groups in total. The first-order valence-corrected chi connectivity index (χ1v) is 10.8. The van der Waals surface area contributed by atoms with E-state index >= 15 is 0 Å². The zero-order valence-electron chi connectivity index (χ0n) is 17.0. The Morgan fingerprint density at radius 3 is 2.53 bits per heavy atom. The summed E-state index contributed by atoms with van der Waals surface area (Å²) in [7, 11) is 3.97. The van der Waals surface area contributed by atoms with Gasteiger partial charge in [-0.15, -0.1) is 11.3 Å². The Morgan fingerprint density at radius 1 is 1.13 bits per heavy atom. The standard InChI is InChI=1S/C23H23ClN4OS/c1-27(2)11-12-28(15-18-9-7-17(14-25)8-10-18)22(29)13-19-16-30-23(26-19)20-5-3-4-6-21(20)24/h3-10,16H,11-13,15H2,1-2H3. The molecule has 2 aromatic carbocycles. The van der Waals surface area contributed by atoms with Crippen LogP contribution >= 0.6 is 22.9 Å². The lowest BCUT2D eigenvalue weighted by atomic mass is 10.1. The topological polar surface area (TPSA) is 60.2 Å². The molecule has 0 radical (unpaired) electrons. The van der Waals surface area contributed by atoms with E-state index in [1.54, 1.807) is 12.1 Å². The Hall–Kier alpha value is -2.72. The molecule has 5 nitrogen and oxygen atoms in total. The second-order valence-corrected chi connectivity index (χ2v) is 8.49. The van der Waals surface area contributed by atoms with Gasteiger partial charge in [-0.1, -0.05) is 41.9 Å². The van der Waals surface area contributed by atoms with E-state index in [0.717, 1.165) is 28.4 Å². The van der Waals surface area contributed by atoms with Crippen molar-refractivity contribution < 1.29 is 4.79 Å². The first-order chi connectivity index (χ1) is 14.5. The van der Waals surface area contributed by atoms with Gasteiger partial charge in [-0.05, 0) is 37.9 Å². The van der Waals surface area contributed by atoms with Crippen molar-refractivity contribution in [1.82, 2.24) is 14.8 Å². The normalized spacial score (nSPS) is 10.8. The summed E-state index contributed by atoms with van der Waals surface area (Å²) in [4.78, 5) is 21.6. The summed E-state index contributed by atoms with van der Waals surface area (Å²) >= 11 is 7.77. The average molecular weight is 439 g/mol. The van der Waals surface area contributed by atoms with Crippen LogP contribution in [0.5, 0.6) is 0 Å². The maximum absolute atomic E-state index is 13.1. The van der Waals surface area contributed by atoms with Crippen LogP contribution in [0.25, 0.3) is 10.6 Å². The van der Waals surface area contributed by atoms with Gasteiger partial charge < -0.3 is 9.80 Å². The van der Waals surface area contributed by atoms with Crippen LogP contribution in [0.1, 0.15) is 16.8 Å². The lowest BCUT2D eigenvalue weighted by Gasteiger charge is -2.24. The van der Waals surface area contributed by atoms with Gasteiger partial charge in [-0.25, -0.2) is 4.98 Å². The molecule has 0 aliphatic rings. The molecule has 0 bridgehead atoms. The number of benzene rings is 2. The lowest BCUT2D eigenvalue weighted by Crippen LogP contribution is -2.37. The van der Waals surface area contributed by atoms with Gasteiger partial charge in [0.1, 0.15) is 5.01 Å². The van der Waals surface area contributed by atoms with Crippen molar-refractivity contribution in [3.05, 3.63) is 75.8 Å². The van der Waals surface area contributed by atoms with E-state index in [1.165, 1.54) is 11.3 Å². The quantitative estimate of drug-likeness (QED) is 0.520. The molecule has 0 aliphatic heterocycles. The van der Waals surface area contributed by atoms with Crippen LogP contribution in [0.2, 0.25) is 5.02 Å². The number of hydrogen-bond acceptors (Lipinski definition) is 5. The predicted molar refractivity (Wildman–Crippen MR) is 121 cm³/mol. The SMILES string of the molecule is CN(C)CCN(Cc1ccc(C#N)cc1)C(=O)Cc1csc(-c2ccccc2Cl)n1. The Bertz CT molecular complexity index is 1040. The van der Waals surface area contributed by atoms with Gasteiger partial charge in [0.15, 0.2) is 0 Å².